The van der Waals surface area contributed by atoms with Gasteiger partial charge in [-0.2, -0.15) is 0 Å². The summed E-state index contributed by atoms with van der Waals surface area (Å²) in [5.41, 5.74) is 0. The van der Waals surface area contributed by atoms with Crippen molar-refractivity contribution in [1.29, 1.82) is 0 Å². The molecule has 0 aliphatic rings. The smallest absolute Gasteiger partial charge is 0.0518 e. The second-order valence-electron chi connectivity index (χ2n) is 14.0. The standard InChI is InChI=1S/C8H18O.2C7H16O.C7H16.C6H14O.C6H14.CH4/c1-4-5-6-7-9-8(2)3;1-4-5-8-6-7(2)3;1-4-5-6-8-7(2)3;1-4-5-6-7(2)3;1-4-5-7-6(2)3;1-4-5-6(2)3;/h8H,4-7H2,1-3H3;2*7H,4-6H2,1-3H3;7H,4-6H2,1-3H3;6H,4-5H2,1-3H3;6H,4-5H2,1-3H3;1H4. The molecule has 0 aromatic carbocycles. The average molecular weight is 667 g/mol. The van der Waals surface area contributed by atoms with Gasteiger partial charge in [0.2, 0.25) is 0 Å². The second-order valence-corrected chi connectivity index (χ2v) is 14.0. The van der Waals surface area contributed by atoms with Crippen LogP contribution in [0, 0.1) is 17.8 Å². The predicted octanol–water partition coefficient (Wildman–Crippen LogP) is 14.6. The fourth-order valence-electron chi connectivity index (χ4n) is 3.14. The van der Waals surface area contributed by atoms with E-state index in [-0.39, 0.29) is 7.43 Å². The van der Waals surface area contributed by atoms with E-state index in [4.69, 9.17) is 18.9 Å². The third-order valence-corrected chi connectivity index (χ3v) is 5.60. The molecule has 0 radical (unpaired) electrons. The summed E-state index contributed by atoms with van der Waals surface area (Å²) in [5, 5.41) is 0. The van der Waals surface area contributed by atoms with Crippen molar-refractivity contribution in [1.82, 2.24) is 0 Å². The summed E-state index contributed by atoms with van der Waals surface area (Å²) < 4.78 is 21.1. The van der Waals surface area contributed by atoms with E-state index in [0.717, 1.165) is 57.7 Å². The first-order valence-electron chi connectivity index (χ1n) is 19.5. The maximum atomic E-state index is 5.34. The van der Waals surface area contributed by atoms with E-state index in [2.05, 4.69) is 125 Å². The summed E-state index contributed by atoms with van der Waals surface area (Å²) >= 11 is 0. The minimum Gasteiger partial charge on any atom is -0.381 e. The Bertz CT molecular complexity index is 394. The molecule has 46 heavy (non-hydrogen) atoms. The van der Waals surface area contributed by atoms with E-state index in [1.54, 1.807) is 0 Å². The first-order valence-corrected chi connectivity index (χ1v) is 19.5. The molecule has 0 atom stereocenters. The Morgan fingerprint density at radius 1 is 0.348 bits per heavy atom. The lowest BCUT2D eigenvalue weighted by Gasteiger charge is -2.05. The highest BCUT2D eigenvalue weighted by Gasteiger charge is 1.92. The zero-order valence-electron chi connectivity index (χ0n) is 35.1. The largest absolute Gasteiger partial charge is 0.381 e. The molecule has 0 spiro atoms. The van der Waals surface area contributed by atoms with Crippen LogP contribution >= 0.6 is 0 Å². The van der Waals surface area contributed by atoms with Gasteiger partial charge in [0, 0.05) is 33.0 Å². The Balaban J connectivity index is -0.0000000794. The van der Waals surface area contributed by atoms with Crippen molar-refractivity contribution in [3.63, 3.8) is 0 Å². The first kappa shape index (κ1) is 61.1. The van der Waals surface area contributed by atoms with Crippen LogP contribution in [0.25, 0.3) is 0 Å². The van der Waals surface area contributed by atoms with Crippen LogP contribution in [0.3, 0.4) is 0 Å². The van der Waals surface area contributed by atoms with Gasteiger partial charge in [-0.15, -0.1) is 0 Å². The molecule has 0 saturated heterocycles. The first-order chi connectivity index (χ1) is 21.1. The monoisotopic (exact) mass is 667 g/mol. The third-order valence-electron chi connectivity index (χ3n) is 5.60. The Hall–Kier alpha value is -0.160. The van der Waals surface area contributed by atoms with Crippen LogP contribution in [0.2, 0.25) is 0 Å². The van der Waals surface area contributed by atoms with Gasteiger partial charge in [0.25, 0.3) is 0 Å². The Morgan fingerprint density at radius 2 is 0.739 bits per heavy atom. The predicted molar refractivity (Wildman–Crippen MR) is 215 cm³/mol. The van der Waals surface area contributed by atoms with E-state index in [9.17, 15) is 0 Å². The zero-order chi connectivity index (χ0) is 36.3. The zero-order valence-corrected chi connectivity index (χ0v) is 35.1. The number of unbranched alkanes of at least 4 members (excludes halogenated alkanes) is 4. The van der Waals surface area contributed by atoms with Crippen LogP contribution in [0.5, 0.6) is 0 Å². The third kappa shape index (κ3) is 112. The van der Waals surface area contributed by atoms with Crippen molar-refractivity contribution in [2.45, 2.75) is 227 Å². The van der Waals surface area contributed by atoms with Crippen LogP contribution < -0.4 is 0 Å². The van der Waals surface area contributed by atoms with Crippen molar-refractivity contribution in [2.75, 3.05) is 33.0 Å². The van der Waals surface area contributed by atoms with Crippen molar-refractivity contribution in [3.8, 4) is 0 Å². The Labute approximate surface area is 296 Å². The van der Waals surface area contributed by atoms with Crippen molar-refractivity contribution in [3.05, 3.63) is 0 Å². The Kier molecular flexibility index (Phi) is 75.9. The van der Waals surface area contributed by atoms with E-state index in [0.29, 0.717) is 24.2 Å². The van der Waals surface area contributed by atoms with E-state index in [1.165, 1.54) is 64.2 Å². The number of hydrogen-bond acceptors (Lipinski definition) is 4. The molecule has 0 rings (SSSR count). The number of rotatable bonds is 21. The molecule has 0 N–H and O–H groups in total. The molecule has 0 aromatic rings. The molecule has 0 aliphatic carbocycles. The molecule has 4 nitrogen and oxygen atoms in total. The average Bonchev–Trinajstić information content (AvgIpc) is 2.94. The minimum absolute atomic E-state index is 0. The van der Waals surface area contributed by atoms with Crippen molar-refractivity contribution in [2.24, 2.45) is 17.8 Å². The van der Waals surface area contributed by atoms with Crippen molar-refractivity contribution >= 4 is 0 Å². The maximum absolute atomic E-state index is 5.34. The molecule has 0 bridgehead atoms. The molecule has 0 aliphatic heterocycles. The summed E-state index contributed by atoms with van der Waals surface area (Å²) in [4.78, 5) is 0. The molecule has 0 unspecified atom stereocenters. The normalized spacial score (nSPS) is 10.2. The summed E-state index contributed by atoms with van der Waals surface area (Å²) in [6.07, 6.45) is 16.5. The van der Waals surface area contributed by atoms with Gasteiger partial charge < -0.3 is 18.9 Å². The fraction of sp³-hybridized carbons (Fsp3) is 1.00. The SMILES string of the molecule is C.CCCC(C)C.CCCCC(C)C.CCCCCOC(C)C.CCCCOC(C)C.CCCOC(C)C.CCCOCC(C)C. The quantitative estimate of drug-likeness (QED) is 0.114. The maximum Gasteiger partial charge on any atom is 0.0518 e. The molecule has 0 amide bonds. The molecular formula is C42H98O4. The van der Waals surface area contributed by atoms with Crippen LogP contribution in [-0.2, 0) is 18.9 Å². The fourth-order valence-corrected chi connectivity index (χ4v) is 3.14. The van der Waals surface area contributed by atoms with Gasteiger partial charge in [0.1, 0.15) is 0 Å². The molecular weight excluding hydrogens is 568 g/mol. The lowest BCUT2D eigenvalue weighted by atomic mass is 10.1. The van der Waals surface area contributed by atoms with Gasteiger partial charge >= 0.3 is 0 Å². The summed E-state index contributed by atoms with van der Waals surface area (Å²) in [7, 11) is 0. The van der Waals surface area contributed by atoms with Crippen LogP contribution in [-0.4, -0.2) is 51.3 Å². The van der Waals surface area contributed by atoms with E-state index < -0.39 is 0 Å². The summed E-state index contributed by atoms with van der Waals surface area (Å²) in [6, 6.07) is 0. The molecule has 0 fully saturated rings. The topological polar surface area (TPSA) is 36.9 Å². The van der Waals surface area contributed by atoms with Crippen LogP contribution in [0.15, 0.2) is 0 Å². The van der Waals surface area contributed by atoms with Gasteiger partial charge in [0.15, 0.2) is 0 Å². The van der Waals surface area contributed by atoms with Crippen LogP contribution in [0.1, 0.15) is 209 Å². The highest BCUT2D eigenvalue weighted by molar-refractivity contribution is 4.43. The minimum atomic E-state index is 0. The second kappa shape index (κ2) is 57.1. The molecule has 4 heteroatoms. The lowest BCUT2D eigenvalue weighted by Crippen LogP contribution is -2.03. The van der Waals surface area contributed by atoms with Crippen LogP contribution in [0.4, 0.5) is 0 Å². The molecule has 0 aromatic heterocycles. The van der Waals surface area contributed by atoms with E-state index in [1.807, 2.05) is 0 Å². The highest BCUT2D eigenvalue weighted by atomic mass is 16.5. The summed E-state index contributed by atoms with van der Waals surface area (Å²) in [6.45, 7) is 43.4. The van der Waals surface area contributed by atoms with Gasteiger partial charge in [-0.25, -0.2) is 0 Å². The van der Waals surface area contributed by atoms with E-state index >= 15 is 0 Å². The number of ether oxygens (including phenoxy) is 4. The van der Waals surface area contributed by atoms with Gasteiger partial charge in [-0.05, 0) is 85.0 Å². The van der Waals surface area contributed by atoms with Gasteiger partial charge in [-0.3, -0.25) is 0 Å². The van der Waals surface area contributed by atoms with Gasteiger partial charge in [0.05, 0.1) is 18.3 Å². The number of hydrogen-bond donors (Lipinski definition) is 0. The van der Waals surface area contributed by atoms with Gasteiger partial charge in [-0.1, -0.05) is 142 Å². The molecule has 0 heterocycles. The molecule has 290 valence electrons. The highest BCUT2D eigenvalue weighted by Crippen LogP contribution is 2.04. The molecule has 0 saturated carbocycles. The van der Waals surface area contributed by atoms with Crippen molar-refractivity contribution < 1.29 is 18.9 Å². The lowest BCUT2D eigenvalue weighted by molar-refractivity contribution is 0.0759. The summed E-state index contributed by atoms with van der Waals surface area (Å²) in [5.74, 6) is 2.48. The Morgan fingerprint density at radius 3 is 0.978 bits per heavy atom.